The van der Waals surface area contributed by atoms with Crippen molar-refractivity contribution in [1.82, 2.24) is 14.8 Å². The zero-order chi connectivity index (χ0) is 7.72. The predicted octanol–water partition coefficient (Wildman–Crippen LogP) is -0.897. The third-order valence-corrected chi connectivity index (χ3v) is 0.947. The molecule has 1 rings (SSSR count). The van der Waals surface area contributed by atoms with Crippen LogP contribution in [0.3, 0.4) is 0 Å². The maximum absolute atomic E-state index is 10.6. The van der Waals surface area contributed by atoms with Crippen LogP contribution >= 0.6 is 0 Å². The number of nitrogens with zero attached hydrogens (tertiary/aromatic N) is 3. The van der Waals surface area contributed by atoms with Crippen LogP contribution in [0.2, 0.25) is 0 Å². The average Bonchev–Trinajstić information content (AvgIpc) is 2.10. The summed E-state index contributed by atoms with van der Waals surface area (Å²) < 4.78 is 0.940. The summed E-state index contributed by atoms with van der Waals surface area (Å²) in [5.74, 6) is -0.278. The zero-order valence-corrected chi connectivity index (χ0v) is 5.40. The van der Waals surface area contributed by atoms with Gasteiger partial charge in [0.05, 0.1) is 0 Å². The molecule has 0 aromatic carbocycles. The van der Waals surface area contributed by atoms with Gasteiger partial charge in [0, 0.05) is 6.92 Å². The molecule has 0 spiro atoms. The van der Waals surface area contributed by atoms with E-state index < -0.39 is 0 Å². The Kier molecular flexibility index (Phi) is 1.29. The fourth-order valence-electron chi connectivity index (χ4n) is 0.572. The minimum atomic E-state index is -0.304. The molecule has 0 radical (unpaired) electrons. The Morgan fingerprint density at radius 2 is 2.20 bits per heavy atom. The van der Waals surface area contributed by atoms with Crippen molar-refractivity contribution in [3.05, 3.63) is 0 Å². The Bertz CT molecular complexity index is 265. The Labute approximate surface area is 56.8 Å². The number of carbonyl (C=O) groups excluding carboxylic acids is 1. The van der Waals surface area contributed by atoms with Gasteiger partial charge in [-0.2, -0.15) is 9.67 Å². The largest absolute Gasteiger partial charge is 0.368 e. The number of rotatable bonds is 0. The molecule has 1 aromatic rings. The number of aromatic nitrogens is 3. The molecule has 0 fully saturated rings. The second-order valence-electron chi connectivity index (χ2n) is 1.76. The van der Waals surface area contributed by atoms with Crippen molar-refractivity contribution in [3.8, 4) is 0 Å². The average molecular weight is 141 g/mol. The van der Waals surface area contributed by atoms with E-state index in [1.165, 1.54) is 6.92 Å². The van der Waals surface area contributed by atoms with Crippen LogP contribution in [0.25, 0.3) is 0 Å². The summed E-state index contributed by atoms with van der Waals surface area (Å²) >= 11 is 0. The van der Waals surface area contributed by atoms with Crippen LogP contribution in [0.4, 0.5) is 11.9 Å². The third kappa shape index (κ3) is 0.903. The molecule has 0 saturated carbocycles. The second-order valence-corrected chi connectivity index (χ2v) is 1.76. The smallest absolute Gasteiger partial charge is 0.247 e. The lowest BCUT2D eigenvalue weighted by atomic mass is 10.7. The SMILES string of the molecule is CC(=O)n1nc(N)nc1N. The van der Waals surface area contributed by atoms with E-state index in [0.29, 0.717) is 0 Å². The van der Waals surface area contributed by atoms with Crippen molar-refractivity contribution in [3.63, 3.8) is 0 Å². The normalized spacial score (nSPS) is 9.70. The van der Waals surface area contributed by atoms with Gasteiger partial charge in [-0.25, -0.2) is 0 Å². The Morgan fingerprint density at radius 1 is 1.60 bits per heavy atom. The Morgan fingerprint density at radius 3 is 2.40 bits per heavy atom. The van der Waals surface area contributed by atoms with Gasteiger partial charge in [0.1, 0.15) is 0 Å². The summed E-state index contributed by atoms with van der Waals surface area (Å²) in [6.45, 7) is 1.32. The molecule has 0 aliphatic heterocycles. The molecule has 0 aliphatic carbocycles. The molecule has 6 heteroatoms. The second kappa shape index (κ2) is 1.98. The number of nitrogens with two attached hydrogens (primary N) is 2. The van der Waals surface area contributed by atoms with E-state index in [1.54, 1.807) is 0 Å². The highest BCUT2D eigenvalue weighted by molar-refractivity contribution is 5.77. The van der Waals surface area contributed by atoms with Gasteiger partial charge in [-0.05, 0) is 0 Å². The minimum absolute atomic E-state index is 0.00713. The molecule has 0 unspecified atom stereocenters. The van der Waals surface area contributed by atoms with Gasteiger partial charge in [0.15, 0.2) is 0 Å². The number of nitrogen functional groups attached to an aromatic ring is 2. The minimum Gasteiger partial charge on any atom is -0.368 e. The molecule has 0 saturated heterocycles. The molecule has 1 heterocycles. The van der Waals surface area contributed by atoms with Crippen LogP contribution in [0.1, 0.15) is 11.7 Å². The summed E-state index contributed by atoms with van der Waals surface area (Å²) in [5, 5.41) is 3.52. The van der Waals surface area contributed by atoms with Gasteiger partial charge in [0.25, 0.3) is 0 Å². The number of anilines is 2. The van der Waals surface area contributed by atoms with E-state index in [-0.39, 0.29) is 17.8 Å². The Hall–Kier alpha value is -1.59. The molecular formula is C4H7N5O. The summed E-state index contributed by atoms with van der Waals surface area (Å²) in [6, 6.07) is 0. The monoisotopic (exact) mass is 141 g/mol. The fourth-order valence-corrected chi connectivity index (χ4v) is 0.572. The summed E-state index contributed by atoms with van der Waals surface area (Å²) in [6.07, 6.45) is 0. The van der Waals surface area contributed by atoms with E-state index in [1.807, 2.05) is 0 Å². The topological polar surface area (TPSA) is 99.8 Å². The van der Waals surface area contributed by atoms with Crippen molar-refractivity contribution in [2.24, 2.45) is 0 Å². The highest BCUT2D eigenvalue weighted by Gasteiger charge is 2.06. The van der Waals surface area contributed by atoms with Gasteiger partial charge in [-0.1, -0.05) is 0 Å². The van der Waals surface area contributed by atoms with Gasteiger partial charge >= 0.3 is 0 Å². The summed E-state index contributed by atoms with van der Waals surface area (Å²) in [7, 11) is 0. The Balaban J connectivity index is 3.15. The van der Waals surface area contributed by atoms with Gasteiger partial charge < -0.3 is 11.5 Å². The highest BCUT2D eigenvalue weighted by atomic mass is 16.2. The molecule has 4 N–H and O–H groups in total. The first kappa shape index (κ1) is 6.53. The summed E-state index contributed by atoms with van der Waals surface area (Å²) in [5.41, 5.74) is 10.4. The van der Waals surface area contributed by atoms with Crippen molar-refractivity contribution in [2.75, 3.05) is 11.5 Å². The first-order valence-electron chi connectivity index (χ1n) is 2.60. The van der Waals surface area contributed by atoms with Crippen molar-refractivity contribution >= 4 is 17.8 Å². The first-order chi connectivity index (χ1) is 4.61. The van der Waals surface area contributed by atoms with Gasteiger partial charge in [-0.3, -0.25) is 4.79 Å². The van der Waals surface area contributed by atoms with E-state index in [9.17, 15) is 4.79 Å². The molecule has 10 heavy (non-hydrogen) atoms. The molecule has 54 valence electrons. The first-order valence-corrected chi connectivity index (χ1v) is 2.60. The van der Waals surface area contributed by atoms with Crippen LogP contribution in [-0.4, -0.2) is 20.7 Å². The van der Waals surface area contributed by atoms with Crippen LogP contribution in [-0.2, 0) is 0 Å². The van der Waals surface area contributed by atoms with Crippen molar-refractivity contribution < 1.29 is 4.79 Å². The van der Waals surface area contributed by atoms with E-state index in [0.717, 1.165) is 4.68 Å². The number of carbonyl (C=O) groups is 1. The predicted molar refractivity (Wildman–Crippen MR) is 35.1 cm³/mol. The standard InChI is InChI=1S/C4H7N5O/c1-2(10)9-4(6)7-3(5)8-9/h1H3,(H4,5,6,7,8). The van der Waals surface area contributed by atoms with E-state index >= 15 is 0 Å². The highest BCUT2D eigenvalue weighted by Crippen LogP contribution is 1.99. The molecule has 0 bridgehead atoms. The maximum Gasteiger partial charge on any atom is 0.247 e. The van der Waals surface area contributed by atoms with Crippen molar-refractivity contribution in [1.29, 1.82) is 0 Å². The van der Waals surface area contributed by atoms with Crippen LogP contribution < -0.4 is 11.5 Å². The van der Waals surface area contributed by atoms with Crippen molar-refractivity contribution in [2.45, 2.75) is 6.92 Å². The molecule has 0 amide bonds. The molecular weight excluding hydrogens is 134 g/mol. The lowest BCUT2D eigenvalue weighted by Crippen LogP contribution is -2.11. The molecule has 0 atom stereocenters. The third-order valence-electron chi connectivity index (χ3n) is 0.947. The lowest BCUT2D eigenvalue weighted by molar-refractivity contribution is 0.0924. The molecule has 0 aliphatic rings. The molecule has 6 nitrogen and oxygen atoms in total. The quantitative estimate of drug-likeness (QED) is 0.487. The zero-order valence-electron chi connectivity index (χ0n) is 5.40. The van der Waals surface area contributed by atoms with Crippen LogP contribution in [0, 0.1) is 0 Å². The van der Waals surface area contributed by atoms with Gasteiger partial charge in [0.2, 0.25) is 17.8 Å². The number of hydrogen-bond acceptors (Lipinski definition) is 5. The molecule has 1 aromatic heterocycles. The maximum atomic E-state index is 10.6. The van der Waals surface area contributed by atoms with E-state index in [2.05, 4.69) is 10.1 Å². The van der Waals surface area contributed by atoms with E-state index in [4.69, 9.17) is 11.5 Å². The number of hydrogen-bond donors (Lipinski definition) is 2. The van der Waals surface area contributed by atoms with Gasteiger partial charge in [-0.15, -0.1) is 5.10 Å². The van der Waals surface area contributed by atoms with Crippen LogP contribution in [0.15, 0.2) is 0 Å². The lowest BCUT2D eigenvalue weighted by Gasteiger charge is -1.91. The van der Waals surface area contributed by atoms with Crippen LogP contribution in [0.5, 0.6) is 0 Å². The summed E-state index contributed by atoms with van der Waals surface area (Å²) in [4.78, 5) is 14.1. The fraction of sp³-hybridized carbons (Fsp3) is 0.250.